The third-order valence-electron chi connectivity index (χ3n) is 2.71. The van der Waals surface area contributed by atoms with Crippen molar-refractivity contribution in [2.75, 3.05) is 11.5 Å². The number of hydrogen-bond acceptors (Lipinski definition) is 3. The van der Waals surface area contributed by atoms with E-state index in [-0.39, 0.29) is 5.91 Å². The van der Waals surface area contributed by atoms with Gasteiger partial charge >= 0.3 is 5.97 Å². The van der Waals surface area contributed by atoms with Crippen LogP contribution in [0.2, 0.25) is 0 Å². The molecule has 0 saturated carbocycles. The molecule has 16 heavy (non-hydrogen) atoms. The molecule has 1 saturated heterocycles. The minimum atomic E-state index is -1.04. The topological polar surface area (TPSA) is 66.4 Å². The summed E-state index contributed by atoms with van der Waals surface area (Å²) in [6, 6.07) is 0. The maximum atomic E-state index is 11.6. The summed E-state index contributed by atoms with van der Waals surface area (Å²) in [4.78, 5) is 22.8. The Labute approximate surface area is 99.5 Å². The fraction of sp³-hybridized carbons (Fsp3) is 0.636. The van der Waals surface area contributed by atoms with Crippen LogP contribution in [0.4, 0.5) is 0 Å². The molecular weight excluding hydrogens is 226 g/mol. The normalized spacial score (nSPS) is 18.8. The summed E-state index contributed by atoms with van der Waals surface area (Å²) >= 11 is 1.73. The average Bonchev–Trinajstić information content (AvgIpc) is 2.27. The zero-order valence-corrected chi connectivity index (χ0v) is 10.0. The third-order valence-corrected chi connectivity index (χ3v) is 3.70. The van der Waals surface area contributed by atoms with Crippen LogP contribution in [0.3, 0.4) is 0 Å². The summed E-state index contributed by atoms with van der Waals surface area (Å²) in [6.07, 6.45) is 3.56. The first-order chi connectivity index (χ1) is 7.60. The summed E-state index contributed by atoms with van der Waals surface area (Å²) in [7, 11) is 0. The van der Waals surface area contributed by atoms with E-state index in [9.17, 15) is 14.7 Å². The van der Waals surface area contributed by atoms with E-state index in [0.717, 1.165) is 11.5 Å². The van der Waals surface area contributed by atoms with Crippen LogP contribution < -0.4 is 5.32 Å². The van der Waals surface area contributed by atoms with Crippen molar-refractivity contribution in [1.29, 1.82) is 0 Å². The molecule has 1 aliphatic heterocycles. The van der Waals surface area contributed by atoms with Crippen LogP contribution in [-0.4, -0.2) is 34.0 Å². The Balaban J connectivity index is 2.60. The van der Waals surface area contributed by atoms with Crippen LogP contribution in [0, 0.1) is 0 Å². The lowest BCUT2D eigenvalue weighted by atomic mass is 9.92. The molecule has 0 unspecified atom stereocenters. The van der Waals surface area contributed by atoms with Crippen molar-refractivity contribution in [2.24, 2.45) is 0 Å². The van der Waals surface area contributed by atoms with E-state index in [2.05, 4.69) is 11.9 Å². The van der Waals surface area contributed by atoms with Gasteiger partial charge in [0.15, 0.2) is 0 Å². The maximum Gasteiger partial charge on any atom is 0.329 e. The third kappa shape index (κ3) is 3.27. The van der Waals surface area contributed by atoms with Gasteiger partial charge in [0.05, 0.1) is 0 Å². The molecule has 1 aliphatic rings. The van der Waals surface area contributed by atoms with E-state index in [1.54, 1.807) is 17.8 Å². The molecule has 0 atom stereocenters. The number of carbonyl (C=O) groups excluding carboxylic acids is 1. The minimum absolute atomic E-state index is 0.200. The van der Waals surface area contributed by atoms with Gasteiger partial charge in [0.1, 0.15) is 5.54 Å². The number of allylic oxidation sites excluding steroid dienone is 1. The fourth-order valence-electron chi connectivity index (χ4n) is 1.67. The highest BCUT2D eigenvalue weighted by Crippen LogP contribution is 2.27. The summed E-state index contributed by atoms with van der Waals surface area (Å²) in [6.45, 7) is 3.53. The first-order valence-electron chi connectivity index (χ1n) is 5.34. The van der Waals surface area contributed by atoms with Gasteiger partial charge in [-0.1, -0.05) is 6.08 Å². The molecular formula is C11H17NO3S. The SMILES string of the molecule is C=CCCC(=O)NC1(C(=O)O)CCSCC1. The number of thioether (sulfide) groups is 1. The molecule has 0 aliphatic carbocycles. The monoisotopic (exact) mass is 243 g/mol. The predicted octanol–water partition coefficient (Wildman–Crippen LogP) is 1.42. The number of hydrogen-bond donors (Lipinski definition) is 2. The van der Waals surface area contributed by atoms with Gasteiger partial charge in [-0.3, -0.25) is 4.79 Å². The smallest absolute Gasteiger partial charge is 0.329 e. The van der Waals surface area contributed by atoms with E-state index in [1.807, 2.05) is 0 Å². The first-order valence-corrected chi connectivity index (χ1v) is 6.49. The number of amides is 1. The lowest BCUT2D eigenvalue weighted by Crippen LogP contribution is -2.56. The first kappa shape index (κ1) is 13.1. The Kier molecular flexibility index (Phi) is 4.86. The van der Waals surface area contributed by atoms with Crippen molar-refractivity contribution in [2.45, 2.75) is 31.2 Å². The summed E-state index contributed by atoms with van der Waals surface area (Å²) in [5, 5.41) is 11.9. The van der Waals surface area contributed by atoms with Crippen molar-refractivity contribution in [3.63, 3.8) is 0 Å². The second kappa shape index (κ2) is 5.94. The Morgan fingerprint density at radius 2 is 2.06 bits per heavy atom. The molecule has 1 fully saturated rings. The van der Waals surface area contributed by atoms with Gasteiger partial charge in [0, 0.05) is 6.42 Å². The van der Waals surface area contributed by atoms with Crippen molar-refractivity contribution in [1.82, 2.24) is 5.32 Å². The molecule has 0 spiro atoms. The highest BCUT2D eigenvalue weighted by atomic mass is 32.2. The van der Waals surface area contributed by atoms with Gasteiger partial charge in [0.2, 0.25) is 5.91 Å². The minimum Gasteiger partial charge on any atom is -0.480 e. The van der Waals surface area contributed by atoms with Crippen LogP contribution in [0.25, 0.3) is 0 Å². The summed E-state index contributed by atoms with van der Waals surface area (Å²) < 4.78 is 0. The van der Waals surface area contributed by atoms with Crippen molar-refractivity contribution >= 4 is 23.6 Å². The maximum absolute atomic E-state index is 11.6. The number of carboxylic acid groups (broad SMARTS) is 1. The van der Waals surface area contributed by atoms with Crippen molar-refractivity contribution in [3.8, 4) is 0 Å². The van der Waals surface area contributed by atoms with Gasteiger partial charge in [-0.25, -0.2) is 4.79 Å². The summed E-state index contributed by atoms with van der Waals surface area (Å²) in [5.74, 6) is 0.455. The number of carbonyl (C=O) groups is 2. The van der Waals surface area contributed by atoms with E-state index < -0.39 is 11.5 Å². The van der Waals surface area contributed by atoms with E-state index in [0.29, 0.717) is 25.7 Å². The molecule has 2 N–H and O–H groups in total. The molecule has 0 bridgehead atoms. The predicted molar refractivity (Wildman–Crippen MR) is 64.5 cm³/mol. The van der Waals surface area contributed by atoms with Crippen molar-refractivity contribution in [3.05, 3.63) is 12.7 Å². The number of aliphatic carboxylic acids is 1. The highest BCUT2D eigenvalue weighted by molar-refractivity contribution is 7.99. The van der Waals surface area contributed by atoms with E-state index in [4.69, 9.17) is 0 Å². The quantitative estimate of drug-likeness (QED) is 0.717. The molecule has 90 valence electrons. The second-order valence-electron chi connectivity index (χ2n) is 3.88. The molecule has 0 aromatic rings. The molecule has 5 heteroatoms. The second-order valence-corrected chi connectivity index (χ2v) is 5.10. The van der Waals surface area contributed by atoms with Crippen LogP contribution in [-0.2, 0) is 9.59 Å². The van der Waals surface area contributed by atoms with Gasteiger partial charge in [-0.05, 0) is 30.8 Å². The van der Waals surface area contributed by atoms with E-state index >= 15 is 0 Å². The average molecular weight is 243 g/mol. The highest BCUT2D eigenvalue weighted by Gasteiger charge is 2.40. The zero-order valence-electron chi connectivity index (χ0n) is 9.20. The number of carboxylic acids is 1. The van der Waals surface area contributed by atoms with Gasteiger partial charge in [-0.15, -0.1) is 6.58 Å². The molecule has 0 aromatic heterocycles. The Bertz CT molecular complexity index is 285. The largest absolute Gasteiger partial charge is 0.480 e. The van der Waals surface area contributed by atoms with Crippen LogP contribution in [0.15, 0.2) is 12.7 Å². The lowest BCUT2D eigenvalue weighted by molar-refractivity contribution is -0.148. The zero-order chi connectivity index (χ0) is 12.0. The fourth-order valence-corrected chi connectivity index (χ4v) is 2.86. The standard InChI is InChI=1S/C11H17NO3S/c1-2-3-4-9(13)12-11(10(14)15)5-7-16-8-6-11/h2H,1,3-8H2,(H,12,13)(H,14,15). The lowest BCUT2D eigenvalue weighted by Gasteiger charge is -2.33. The van der Waals surface area contributed by atoms with Crippen LogP contribution >= 0.6 is 11.8 Å². The van der Waals surface area contributed by atoms with Crippen LogP contribution in [0.1, 0.15) is 25.7 Å². The molecule has 0 radical (unpaired) electrons. The Morgan fingerprint density at radius 3 is 2.56 bits per heavy atom. The van der Waals surface area contributed by atoms with Gasteiger partial charge < -0.3 is 10.4 Å². The molecule has 1 rings (SSSR count). The molecule has 1 heterocycles. The van der Waals surface area contributed by atoms with Gasteiger partial charge in [-0.2, -0.15) is 11.8 Å². The Hall–Kier alpha value is -0.970. The number of nitrogens with one attached hydrogen (secondary N) is 1. The van der Waals surface area contributed by atoms with Gasteiger partial charge in [0.25, 0.3) is 0 Å². The van der Waals surface area contributed by atoms with E-state index in [1.165, 1.54) is 0 Å². The summed E-state index contributed by atoms with van der Waals surface area (Å²) in [5.41, 5.74) is -1.04. The Morgan fingerprint density at radius 1 is 1.44 bits per heavy atom. The van der Waals surface area contributed by atoms with Crippen LogP contribution in [0.5, 0.6) is 0 Å². The molecule has 4 nitrogen and oxygen atoms in total. The number of rotatable bonds is 5. The molecule has 0 aromatic carbocycles. The molecule has 1 amide bonds. The van der Waals surface area contributed by atoms with Crippen molar-refractivity contribution < 1.29 is 14.7 Å².